The minimum atomic E-state index is -0.989. The number of carbonyl (C=O) groups excluding carboxylic acids is 1. The predicted molar refractivity (Wildman–Crippen MR) is 101 cm³/mol. The Morgan fingerprint density at radius 2 is 2.00 bits per heavy atom. The molecule has 4 nitrogen and oxygen atoms in total. The zero-order valence-corrected chi connectivity index (χ0v) is 15.3. The van der Waals surface area contributed by atoms with Gasteiger partial charge in [-0.3, -0.25) is 9.69 Å². The van der Waals surface area contributed by atoms with E-state index in [1.807, 2.05) is 0 Å². The number of hydrogen-bond donors (Lipinski definition) is 2. The molecule has 0 saturated heterocycles. The van der Waals surface area contributed by atoms with E-state index in [0.29, 0.717) is 21.6 Å². The van der Waals surface area contributed by atoms with Crippen molar-refractivity contribution in [3.8, 4) is 5.75 Å². The van der Waals surface area contributed by atoms with Gasteiger partial charge in [0, 0.05) is 21.9 Å². The van der Waals surface area contributed by atoms with Crippen LogP contribution in [0.5, 0.6) is 5.75 Å². The number of carbonyl (C=O) groups is 1. The lowest BCUT2D eigenvalue weighted by molar-refractivity contribution is -0.131. The summed E-state index contributed by atoms with van der Waals surface area (Å²) < 4.78 is 22.4. The number of fused-ring (bicyclic) bond motifs is 1. The molecule has 23 heavy (non-hydrogen) atoms. The van der Waals surface area contributed by atoms with Gasteiger partial charge in [0.1, 0.15) is 11.6 Å². The van der Waals surface area contributed by atoms with Gasteiger partial charge in [-0.1, -0.05) is 35.4 Å². The van der Waals surface area contributed by atoms with Crippen LogP contribution in [0, 0.1) is 5.82 Å². The van der Waals surface area contributed by atoms with Crippen LogP contribution in [0.15, 0.2) is 42.5 Å². The van der Waals surface area contributed by atoms with Crippen molar-refractivity contribution in [2.75, 3.05) is 14.0 Å². The molecule has 1 amide bonds. The number of hydrogen-bond acceptors (Lipinski definition) is 4. The molecule has 1 aliphatic rings. The fraction of sp³-hybridized carbons (Fsp3) is 0.188. The Bertz CT molecular complexity index is 756. The van der Waals surface area contributed by atoms with E-state index in [-0.39, 0.29) is 11.7 Å². The Labute approximate surface area is 152 Å². The molecular formula is C16H14FIN2O2S. The molecule has 0 spiro atoms. The summed E-state index contributed by atoms with van der Waals surface area (Å²) in [5, 5.41) is 0. The van der Waals surface area contributed by atoms with Gasteiger partial charge in [0.25, 0.3) is 5.91 Å². The van der Waals surface area contributed by atoms with E-state index in [2.05, 4.69) is 40.1 Å². The SMILES string of the molecule is CC1(CI)Oc2cc(NS)ccc2N(c2ccc(F)cc2)C1=O. The molecule has 0 aliphatic carbocycles. The van der Waals surface area contributed by atoms with Crippen LogP contribution in [0.4, 0.5) is 21.5 Å². The van der Waals surface area contributed by atoms with E-state index >= 15 is 0 Å². The van der Waals surface area contributed by atoms with Crippen LogP contribution in [0.1, 0.15) is 6.92 Å². The molecule has 1 unspecified atom stereocenters. The maximum absolute atomic E-state index is 13.2. The van der Waals surface area contributed by atoms with Crippen LogP contribution >= 0.6 is 35.4 Å². The third-order valence-electron chi connectivity index (χ3n) is 3.66. The van der Waals surface area contributed by atoms with Crippen molar-refractivity contribution in [3.63, 3.8) is 0 Å². The lowest BCUT2D eigenvalue weighted by atomic mass is 10.0. The summed E-state index contributed by atoms with van der Waals surface area (Å²) >= 11 is 6.16. The summed E-state index contributed by atoms with van der Waals surface area (Å²) in [6, 6.07) is 11.2. The van der Waals surface area contributed by atoms with Crippen LogP contribution in [0.25, 0.3) is 0 Å². The van der Waals surface area contributed by atoms with E-state index in [9.17, 15) is 9.18 Å². The average molecular weight is 444 g/mol. The van der Waals surface area contributed by atoms with Crippen LogP contribution in [-0.4, -0.2) is 15.9 Å². The number of ether oxygens (including phenoxy) is 1. The Kier molecular flexibility index (Phi) is 4.41. The van der Waals surface area contributed by atoms with E-state index in [1.165, 1.54) is 12.1 Å². The van der Waals surface area contributed by atoms with Crippen molar-refractivity contribution in [1.82, 2.24) is 0 Å². The first-order chi connectivity index (χ1) is 11.0. The molecule has 1 N–H and O–H groups in total. The Hall–Kier alpha value is -1.48. The molecule has 0 saturated carbocycles. The molecular weight excluding hydrogens is 430 g/mol. The first-order valence-corrected chi connectivity index (χ1v) is 8.85. The molecule has 0 radical (unpaired) electrons. The highest BCUT2D eigenvalue weighted by atomic mass is 127. The first-order valence-electron chi connectivity index (χ1n) is 6.88. The zero-order chi connectivity index (χ0) is 16.6. The summed E-state index contributed by atoms with van der Waals surface area (Å²) in [5.74, 6) is 0.0469. The lowest BCUT2D eigenvalue weighted by Crippen LogP contribution is -2.53. The smallest absolute Gasteiger partial charge is 0.276 e. The largest absolute Gasteiger partial charge is 0.475 e. The Balaban J connectivity index is 2.17. The minimum absolute atomic E-state index is 0.183. The Morgan fingerprint density at radius 3 is 2.61 bits per heavy atom. The normalized spacial score (nSPS) is 20.0. The van der Waals surface area contributed by atoms with Crippen LogP contribution in [-0.2, 0) is 4.79 Å². The van der Waals surface area contributed by atoms with E-state index in [1.54, 1.807) is 42.2 Å². The quantitative estimate of drug-likeness (QED) is 0.421. The van der Waals surface area contributed by atoms with E-state index < -0.39 is 5.60 Å². The Morgan fingerprint density at radius 1 is 1.30 bits per heavy atom. The predicted octanol–water partition coefficient (Wildman–Crippen LogP) is 4.33. The molecule has 0 aromatic heterocycles. The lowest BCUT2D eigenvalue weighted by Gasteiger charge is -2.40. The molecule has 2 aromatic carbocycles. The van der Waals surface area contributed by atoms with Crippen molar-refractivity contribution in [1.29, 1.82) is 0 Å². The number of thiol groups is 1. The van der Waals surface area contributed by atoms with Crippen molar-refractivity contribution >= 4 is 58.4 Å². The maximum Gasteiger partial charge on any atom is 0.276 e. The van der Waals surface area contributed by atoms with Crippen molar-refractivity contribution < 1.29 is 13.9 Å². The molecule has 3 rings (SSSR count). The van der Waals surface area contributed by atoms with E-state index in [4.69, 9.17) is 4.74 Å². The topological polar surface area (TPSA) is 41.6 Å². The summed E-state index contributed by atoms with van der Waals surface area (Å²) in [5.41, 5.74) is 0.994. The molecule has 120 valence electrons. The summed E-state index contributed by atoms with van der Waals surface area (Å²) in [6.45, 7) is 1.75. The number of nitrogens with zero attached hydrogens (tertiary/aromatic N) is 1. The second-order valence-corrected chi connectivity index (χ2v) is 6.36. The van der Waals surface area contributed by atoms with Crippen LogP contribution in [0.3, 0.4) is 0 Å². The van der Waals surface area contributed by atoms with Gasteiger partial charge < -0.3 is 9.46 Å². The highest BCUT2D eigenvalue weighted by molar-refractivity contribution is 14.1. The number of amides is 1. The fourth-order valence-electron chi connectivity index (χ4n) is 2.41. The summed E-state index contributed by atoms with van der Waals surface area (Å²) in [7, 11) is 0. The highest BCUT2D eigenvalue weighted by Crippen LogP contribution is 2.43. The highest BCUT2D eigenvalue weighted by Gasteiger charge is 2.44. The van der Waals surface area contributed by atoms with Gasteiger partial charge in [-0.25, -0.2) is 4.39 Å². The second-order valence-electron chi connectivity index (χ2n) is 5.38. The van der Waals surface area contributed by atoms with Crippen molar-refractivity contribution in [2.24, 2.45) is 0 Å². The third kappa shape index (κ3) is 2.87. The standard InChI is InChI=1S/C16H14FIN2O2S/c1-16(9-18)15(21)20(12-5-2-10(17)3-6-12)13-7-4-11(19-23)8-14(13)22-16/h2-8,19,23H,9H2,1H3. The van der Waals surface area contributed by atoms with Gasteiger partial charge in [-0.2, -0.15) is 0 Å². The van der Waals surface area contributed by atoms with Crippen LogP contribution in [0.2, 0.25) is 0 Å². The van der Waals surface area contributed by atoms with Crippen molar-refractivity contribution in [2.45, 2.75) is 12.5 Å². The van der Waals surface area contributed by atoms with Crippen LogP contribution < -0.4 is 14.4 Å². The van der Waals surface area contributed by atoms with Gasteiger partial charge >= 0.3 is 0 Å². The minimum Gasteiger partial charge on any atom is -0.475 e. The summed E-state index contributed by atoms with van der Waals surface area (Å²) in [6.07, 6.45) is 0. The van der Waals surface area contributed by atoms with Gasteiger partial charge in [0.05, 0.1) is 5.69 Å². The first kappa shape index (κ1) is 16.4. The van der Waals surface area contributed by atoms with Gasteiger partial charge in [0.2, 0.25) is 0 Å². The van der Waals surface area contributed by atoms with Gasteiger partial charge in [-0.05, 0) is 43.3 Å². The van der Waals surface area contributed by atoms with Crippen molar-refractivity contribution in [3.05, 3.63) is 48.3 Å². The maximum atomic E-state index is 13.2. The molecule has 0 fully saturated rings. The molecule has 1 aliphatic heterocycles. The number of alkyl halides is 1. The second kappa shape index (κ2) is 6.20. The molecule has 2 aromatic rings. The zero-order valence-electron chi connectivity index (χ0n) is 12.2. The van der Waals surface area contributed by atoms with Gasteiger partial charge in [-0.15, -0.1) is 0 Å². The summed E-state index contributed by atoms with van der Waals surface area (Å²) in [4.78, 5) is 14.5. The third-order valence-corrected chi connectivity index (χ3v) is 5.37. The van der Waals surface area contributed by atoms with Gasteiger partial charge in [0.15, 0.2) is 5.60 Å². The number of rotatable bonds is 3. The monoisotopic (exact) mass is 444 g/mol. The average Bonchev–Trinajstić information content (AvgIpc) is 2.57. The fourth-order valence-corrected chi connectivity index (χ4v) is 3.03. The number of nitrogens with one attached hydrogen (secondary N) is 1. The van der Waals surface area contributed by atoms with E-state index in [0.717, 1.165) is 5.69 Å². The molecule has 1 heterocycles. The number of halogens is 2. The molecule has 0 bridgehead atoms. The number of benzene rings is 2. The molecule has 1 atom stereocenters. The molecule has 7 heteroatoms. The number of anilines is 3.